The number of amides is 2. The number of aromatic nitrogens is 3. The maximum absolute atomic E-state index is 13.4. The number of aromatic amines is 1. The van der Waals surface area contributed by atoms with Crippen molar-refractivity contribution in [2.24, 2.45) is 5.41 Å². The molecule has 2 saturated heterocycles. The lowest BCUT2D eigenvalue weighted by Crippen LogP contribution is -2.55. The van der Waals surface area contributed by atoms with E-state index >= 15 is 0 Å². The molecule has 3 fully saturated rings. The van der Waals surface area contributed by atoms with Gasteiger partial charge in [0.2, 0.25) is 5.91 Å². The molecule has 1 N–H and O–H groups in total. The highest BCUT2D eigenvalue weighted by Gasteiger charge is 2.56. The van der Waals surface area contributed by atoms with E-state index in [4.69, 9.17) is 0 Å². The zero-order valence-electron chi connectivity index (χ0n) is 18.0. The Labute approximate surface area is 176 Å². The van der Waals surface area contributed by atoms with Crippen LogP contribution in [0.5, 0.6) is 0 Å². The van der Waals surface area contributed by atoms with Crippen LogP contribution in [0.15, 0.2) is 18.5 Å². The molecule has 2 atom stereocenters. The number of H-pyrrole nitrogens is 1. The third kappa shape index (κ3) is 3.09. The molecule has 2 aromatic heterocycles. The van der Waals surface area contributed by atoms with Gasteiger partial charge in [-0.05, 0) is 58.7 Å². The molecule has 30 heavy (non-hydrogen) atoms. The number of pyridine rings is 1. The average Bonchev–Trinajstić information content (AvgIpc) is 3.24. The lowest BCUT2D eigenvalue weighted by atomic mass is 9.92. The van der Waals surface area contributed by atoms with E-state index in [9.17, 15) is 9.59 Å². The maximum atomic E-state index is 13.4. The van der Waals surface area contributed by atoms with E-state index in [-0.39, 0.29) is 29.4 Å². The van der Waals surface area contributed by atoms with Crippen molar-refractivity contribution >= 4 is 22.8 Å². The third-order valence-corrected chi connectivity index (χ3v) is 7.32. The van der Waals surface area contributed by atoms with Crippen LogP contribution in [0.2, 0.25) is 0 Å². The zero-order chi connectivity index (χ0) is 21.0. The Morgan fingerprint density at radius 3 is 2.53 bits per heavy atom. The molecular formula is C22H30N6O2. The predicted molar refractivity (Wildman–Crippen MR) is 113 cm³/mol. The number of nitrogens with one attached hydrogen (secondary N) is 1. The molecule has 160 valence electrons. The molecule has 8 nitrogen and oxygen atoms in total. The first kappa shape index (κ1) is 19.5. The Hall–Kier alpha value is -2.48. The quantitative estimate of drug-likeness (QED) is 0.814. The number of carbonyl (C=O) groups is 2. The van der Waals surface area contributed by atoms with E-state index in [1.807, 2.05) is 26.0 Å². The van der Waals surface area contributed by atoms with Crippen molar-refractivity contribution in [2.75, 3.05) is 27.7 Å². The lowest BCUT2D eigenvalue weighted by molar-refractivity contribution is -0.143. The smallest absolute Gasteiger partial charge is 0.254 e. The average molecular weight is 411 g/mol. The molecule has 2 amide bonds. The van der Waals surface area contributed by atoms with Gasteiger partial charge in [-0.15, -0.1) is 0 Å². The summed E-state index contributed by atoms with van der Waals surface area (Å²) in [5.41, 5.74) is 1.10. The second-order valence-corrected chi connectivity index (χ2v) is 9.65. The van der Waals surface area contributed by atoms with Gasteiger partial charge in [0.05, 0.1) is 22.6 Å². The first-order valence-electron chi connectivity index (χ1n) is 10.9. The molecule has 1 saturated carbocycles. The Morgan fingerprint density at radius 2 is 1.90 bits per heavy atom. The van der Waals surface area contributed by atoms with Gasteiger partial charge in [-0.25, -0.2) is 4.98 Å². The first-order valence-corrected chi connectivity index (χ1v) is 10.9. The van der Waals surface area contributed by atoms with E-state index in [1.54, 1.807) is 18.5 Å². The van der Waals surface area contributed by atoms with Gasteiger partial charge < -0.3 is 14.7 Å². The fourth-order valence-corrected chi connectivity index (χ4v) is 5.66. The van der Waals surface area contributed by atoms with Gasteiger partial charge >= 0.3 is 0 Å². The highest BCUT2D eigenvalue weighted by Crippen LogP contribution is 2.51. The molecular weight excluding hydrogens is 380 g/mol. The Bertz CT molecular complexity index is 967. The van der Waals surface area contributed by atoms with Crippen LogP contribution < -0.4 is 0 Å². The highest BCUT2D eigenvalue weighted by atomic mass is 16.2. The van der Waals surface area contributed by atoms with Gasteiger partial charge in [-0.1, -0.05) is 0 Å². The van der Waals surface area contributed by atoms with E-state index in [0.29, 0.717) is 17.1 Å². The van der Waals surface area contributed by atoms with Crippen molar-refractivity contribution in [3.63, 3.8) is 0 Å². The second kappa shape index (κ2) is 7.04. The summed E-state index contributed by atoms with van der Waals surface area (Å²) in [7, 11) is 5.99. The summed E-state index contributed by atoms with van der Waals surface area (Å²) in [6.07, 6.45) is 9.14. The van der Waals surface area contributed by atoms with Crippen LogP contribution in [-0.2, 0) is 4.79 Å². The number of piperidine rings is 1. The van der Waals surface area contributed by atoms with Crippen molar-refractivity contribution < 1.29 is 9.59 Å². The summed E-state index contributed by atoms with van der Waals surface area (Å²) in [6, 6.07) is 2.42. The molecule has 4 heterocycles. The Kier molecular flexibility index (Phi) is 4.57. The van der Waals surface area contributed by atoms with Crippen molar-refractivity contribution in [3.05, 3.63) is 24.0 Å². The summed E-state index contributed by atoms with van der Waals surface area (Å²) in [5.74, 6) is 0.351. The molecule has 2 unspecified atom stereocenters. The maximum Gasteiger partial charge on any atom is 0.254 e. The van der Waals surface area contributed by atoms with Gasteiger partial charge in [0.25, 0.3) is 5.91 Å². The number of rotatable bonds is 5. The van der Waals surface area contributed by atoms with Crippen molar-refractivity contribution in [3.8, 4) is 0 Å². The van der Waals surface area contributed by atoms with E-state index < -0.39 is 0 Å². The fourth-order valence-electron chi connectivity index (χ4n) is 5.66. The molecule has 0 radical (unpaired) electrons. The number of fused-ring (bicyclic) bond motifs is 3. The molecule has 8 heteroatoms. The molecule has 0 spiro atoms. The van der Waals surface area contributed by atoms with Crippen LogP contribution in [-0.4, -0.2) is 87.5 Å². The van der Waals surface area contributed by atoms with E-state index in [2.05, 4.69) is 25.0 Å². The van der Waals surface area contributed by atoms with Crippen LogP contribution in [0.4, 0.5) is 0 Å². The largest absolute Gasteiger partial charge is 0.339 e. The van der Waals surface area contributed by atoms with Gasteiger partial charge in [0, 0.05) is 37.9 Å². The molecule has 5 rings (SSSR count). The van der Waals surface area contributed by atoms with Crippen molar-refractivity contribution in [1.82, 2.24) is 29.9 Å². The minimum atomic E-state index is -0.164. The number of hydrogen-bond donors (Lipinski definition) is 1. The summed E-state index contributed by atoms with van der Waals surface area (Å²) < 4.78 is 0. The number of hydrogen-bond acceptors (Lipinski definition) is 5. The molecule has 0 aromatic carbocycles. The van der Waals surface area contributed by atoms with Crippen LogP contribution in [0.3, 0.4) is 0 Å². The topological polar surface area (TPSA) is 85.4 Å². The number of carbonyl (C=O) groups excluding carboxylic acids is 2. The van der Waals surface area contributed by atoms with Crippen LogP contribution in [0, 0.1) is 5.41 Å². The predicted octanol–water partition coefficient (Wildman–Crippen LogP) is 1.89. The van der Waals surface area contributed by atoms with Gasteiger partial charge in [0.1, 0.15) is 0 Å². The standard InChI is InChI=1S/C22H30N6O2/c1-26(2)13-22(7-8-22)21(30)28-14-4-5-15(28)11-16(10-14)27(3)20(29)17-6-9-23-19-18(17)12-24-25-19/h6,9,12,14-16H,4-5,7-8,10-11,13H2,1-3H3,(H,23,24,25). The third-order valence-electron chi connectivity index (χ3n) is 7.32. The van der Waals surface area contributed by atoms with E-state index in [1.165, 1.54) is 0 Å². The Morgan fingerprint density at radius 1 is 1.20 bits per heavy atom. The first-order chi connectivity index (χ1) is 14.4. The Balaban J connectivity index is 1.32. The highest BCUT2D eigenvalue weighted by molar-refractivity contribution is 6.05. The lowest BCUT2D eigenvalue weighted by Gasteiger charge is -2.43. The van der Waals surface area contributed by atoms with Gasteiger partial charge in [-0.3, -0.25) is 14.7 Å². The van der Waals surface area contributed by atoms with E-state index in [0.717, 1.165) is 50.5 Å². The summed E-state index contributed by atoms with van der Waals surface area (Å²) in [6.45, 7) is 0.840. The molecule has 1 aliphatic carbocycles. The van der Waals surface area contributed by atoms with Gasteiger partial charge in [-0.2, -0.15) is 5.10 Å². The van der Waals surface area contributed by atoms with Gasteiger partial charge in [0.15, 0.2) is 5.65 Å². The minimum absolute atomic E-state index is 0.000697. The molecule has 2 bridgehead atoms. The molecule has 2 aromatic rings. The van der Waals surface area contributed by atoms with Crippen molar-refractivity contribution in [2.45, 2.75) is 56.7 Å². The fraction of sp³-hybridized carbons (Fsp3) is 0.636. The second-order valence-electron chi connectivity index (χ2n) is 9.65. The monoisotopic (exact) mass is 410 g/mol. The normalized spacial score (nSPS) is 26.9. The zero-order valence-corrected chi connectivity index (χ0v) is 18.0. The van der Waals surface area contributed by atoms with Crippen LogP contribution in [0.25, 0.3) is 11.0 Å². The molecule has 2 aliphatic heterocycles. The summed E-state index contributed by atoms with van der Waals surface area (Å²) in [4.78, 5) is 37.1. The SMILES string of the molecule is CN(C)CC1(C(=O)N2C3CCC2CC(N(C)C(=O)c2ccnc4[nH]ncc24)C3)CC1. The minimum Gasteiger partial charge on any atom is -0.339 e. The van der Waals surface area contributed by atoms with Crippen LogP contribution in [0.1, 0.15) is 48.9 Å². The number of nitrogens with zero attached hydrogens (tertiary/aromatic N) is 5. The van der Waals surface area contributed by atoms with Crippen LogP contribution >= 0.6 is 0 Å². The molecule has 3 aliphatic rings. The summed E-state index contributed by atoms with van der Waals surface area (Å²) in [5, 5.41) is 7.61. The summed E-state index contributed by atoms with van der Waals surface area (Å²) >= 11 is 0. The van der Waals surface area contributed by atoms with Crippen molar-refractivity contribution in [1.29, 1.82) is 0 Å².